The van der Waals surface area contributed by atoms with E-state index in [2.05, 4.69) is 10.6 Å². The van der Waals surface area contributed by atoms with Gasteiger partial charge in [-0.05, 0) is 32.2 Å². The maximum atomic E-state index is 11.7. The molecule has 4 N–H and O–H groups in total. The first-order valence-corrected chi connectivity index (χ1v) is 6.41. The number of methoxy groups -OCH3 is 1. The van der Waals surface area contributed by atoms with Crippen LogP contribution in [0, 0.1) is 5.92 Å². The maximum absolute atomic E-state index is 11.7. The van der Waals surface area contributed by atoms with E-state index in [1.54, 1.807) is 7.11 Å². The summed E-state index contributed by atoms with van der Waals surface area (Å²) in [5, 5.41) is 6.21. The Bertz CT molecular complexity index is 236. The molecule has 3 atom stereocenters. The molecule has 0 bridgehead atoms. The summed E-state index contributed by atoms with van der Waals surface area (Å²) in [6, 6.07) is 0.229. The van der Waals surface area contributed by atoms with Gasteiger partial charge in [0.15, 0.2) is 0 Å². The van der Waals surface area contributed by atoms with Gasteiger partial charge in [0.25, 0.3) is 0 Å². The molecule has 0 aromatic heterocycles. The van der Waals surface area contributed by atoms with E-state index in [0.29, 0.717) is 31.7 Å². The number of nitrogens with two attached hydrogens (primary N) is 1. The Morgan fingerprint density at radius 2 is 2.29 bits per heavy atom. The molecule has 0 aromatic carbocycles. The molecule has 100 valence electrons. The van der Waals surface area contributed by atoms with Crippen molar-refractivity contribution < 1.29 is 9.53 Å². The van der Waals surface area contributed by atoms with Gasteiger partial charge in [0, 0.05) is 19.7 Å². The van der Waals surface area contributed by atoms with E-state index in [0.717, 1.165) is 6.42 Å². The van der Waals surface area contributed by atoms with E-state index in [4.69, 9.17) is 10.5 Å². The normalized spacial score (nSPS) is 25.8. The first-order chi connectivity index (χ1) is 8.19. The third-order valence-corrected chi connectivity index (χ3v) is 3.42. The highest BCUT2D eigenvalue weighted by Crippen LogP contribution is 2.24. The molecular weight excluding hydrogens is 218 g/mol. The van der Waals surface area contributed by atoms with Gasteiger partial charge in [0.1, 0.15) is 0 Å². The highest BCUT2D eigenvalue weighted by molar-refractivity contribution is 5.81. The van der Waals surface area contributed by atoms with Crippen LogP contribution in [0.15, 0.2) is 0 Å². The smallest absolute Gasteiger partial charge is 0.236 e. The second-order valence-electron chi connectivity index (χ2n) is 4.71. The molecule has 1 rings (SSSR count). The van der Waals surface area contributed by atoms with Gasteiger partial charge in [-0.25, -0.2) is 0 Å². The van der Waals surface area contributed by atoms with E-state index in [1.807, 2.05) is 6.92 Å². The van der Waals surface area contributed by atoms with Crippen LogP contribution in [0.4, 0.5) is 0 Å². The second-order valence-corrected chi connectivity index (χ2v) is 4.71. The third kappa shape index (κ3) is 4.61. The molecule has 0 aromatic rings. The maximum Gasteiger partial charge on any atom is 0.236 e. The zero-order valence-electron chi connectivity index (χ0n) is 10.9. The van der Waals surface area contributed by atoms with Crippen molar-refractivity contribution in [3.05, 3.63) is 0 Å². The average molecular weight is 243 g/mol. The molecule has 5 heteroatoms. The van der Waals surface area contributed by atoms with Crippen molar-refractivity contribution in [3.8, 4) is 0 Å². The molecule has 1 amide bonds. The minimum atomic E-state index is -0.163. The largest absolute Gasteiger partial charge is 0.383 e. The predicted octanol–water partition coefficient (Wildman–Crippen LogP) is -0.145. The summed E-state index contributed by atoms with van der Waals surface area (Å²) in [5.41, 5.74) is 5.72. The van der Waals surface area contributed by atoms with Crippen molar-refractivity contribution >= 4 is 5.91 Å². The molecular formula is C12H25N3O2. The number of carbonyl (C=O) groups is 1. The van der Waals surface area contributed by atoms with Gasteiger partial charge in [0.05, 0.1) is 12.6 Å². The molecule has 0 spiro atoms. The van der Waals surface area contributed by atoms with Crippen LogP contribution in [0.2, 0.25) is 0 Å². The van der Waals surface area contributed by atoms with Gasteiger partial charge in [-0.3, -0.25) is 4.79 Å². The topological polar surface area (TPSA) is 76.4 Å². The summed E-state index contributed by atoms with van der Waals surface area (Å²) in [7, 11) is 1.62. The van der Waals surface area contributed by atoms with Gasteiger partial charge < -0.3 is 21.1 Å². The van der Waals surface area contributed by atoms with E-state index in [1.165, 1.54) is 12.8 Å². The minimum absolute atomic E-state index is 0.0321. The molecule has 1 aliphatic carbocycles. The average Bonchev–Trinajstić information content (AvgIpc) is 2.76. The molecule has 5 nitrogen and oxygen atoms in total. The lowest BCUT2D eigenvalue weighted by atomic mass is 10.0. The van der Waals surface area contributed by atoms with Crippen molar-refractivity contribution in [3.63, 3.8) is 0 Å². The number of rotatable bonds is 7. The van der Waals surface area contributed by atoms with Crippen LogP contribution in [-0.2, 0) is 9.53 Å². The highest BCUT2D eigenvalue weighted by Gasteiger charge is 2.28. The zero-order valence-corrected chi connectivity index (χ0v) is 10.9. The summed E-state index contributed by atoms with van der Waals surface area (Å²) < 4.78 is 4.89. The lowest BCUT2D eigenvalue weighted by Gasteiger charge is -2.23. The van der Waals surface area contributed by atoms with Crippen LogP contribution in [0.25, 0.3) is 0 Å². The summed E-state index contributed by atoms with van der Waals surface area (Å²) in [5.74, 6) is 0.550. The Balaban J connectivity index is 2.27. The molecule has 17 heavy (non-hydrogen) atoms. The van der Waals surface area contributed by atoms with Gasteiger partial charge >= 0.3 is 0 Å². The van der Waals surface area contributed by atoms with E-state index < -0.39 is 0 Å². The molecule has 0 saturated heterocycles. The summed E-state index contributed by atoms with van der Waals surface area (Å²) in [6.45, 7) is 3.71. The molecule has 0 aliphatic heterocycles. The Kier molecular flexibility index (Phi) is 6.47. The van der Waals surface area contributed by atoms with E-state index in [9.17, 15) is 4.79 Å². The number of ether oxygens (including phenoxy) is 1. The van der Waals surface area contributed by atoms with Crippen LogP contribution < -0.4 is 16.4 Å². The Morgan fingerprint density at radius 1 is 1.53 bits per heavy atom. The summed E-state index contributed by atoms with van der Waals surface area (Å²) in [6.07, 6.45) is 3.50. The zero-order chi connectivity index (χ0) is 12.7. The fourth-order valence-electron chi connectivity index (χ4n) is 2.36. The van der Waals surface area contributed by atoms with Crippen molar-refractivity contribution in [1.82, 2.24) is 10.6 Å². The Morgan fingerprint density at radius 3 is 2.94 bits per heavy atom. The van der Waals surface area contributed by atoms with Crippen LogP contribution in [0.3, 0.4) is 0 Å². The lowest BCUT2D eigenvalue weighted by molar-refractivity contribution is -0.123. The molecule has 1 fully saturated rings. The fraction of sp³-hybridized carbons (Fsp3) is 0.917. The first-order valence-electron chi connectivity index (χ1n) is 6.41. The van der Waals surface area contributed by atoms with Gasteiger partial charge in [0.2, 0.25) is 5.91 Å². The second kappa shape index (κ2) is 7.63. The van der Waals surface area contributed by atoms with Gasteiger partial charge in [-0.15, -0.1) is 0 Å². The van der Waals surface area contributed by atoms with Crippen molar-refractivity contribution in [2.75, 3.05) is 26.8 Å². The third-order valence-electron chi connectivity index (χ3n) is 3.42. The van der Waals surface area contributed by atoms with Gasteiger partial charge in [-0.1, -0.05) is 6.42 Å². The molecule has 0 radical (unpaired) electrons. The number of hydrogen-bond acceptors (Lipinski definition) is 4. The number of nitrogens with one attached hydrogen (secondary N) is 2. The molecule has 0 heterocycles. The molecule has 3 unspecified atom stereocenters. The molecule has 1 aliphatic rings. The highest BCUT2D eigenvalue weighted by atomic mass is 16.5. The van der Waals surface area contributed by atoms with Crippen molar-refractivity contribution in [2.45, 2.75) is 38.3 Å². The Labute approximate surface area is 103 Å². The van der Waals surface area contributed by atoms with E-state index in [-0.39, 0.29) is 11.9 Å². The summed E-state index contributed by atoms with van der Waals surface area (Å²) in [4.78, 5) is 11.7. The predicted molar refractivity (Wildman–Crippen MR) is 67.7 cm³/mol. The van der Waals surface area contributed by atoms with Crippen LogP contribution in [-0.4, -0.2) is 44.8 Å². The van der Waals surface area contributed by atoms with Gasteiger partial charge in [-0.2, -0.15) is 0 Å². The lowest BCUT2D eigenvalue weighted by Crippen LogP contribution is -2.49. The fourth-order valence-corrected chi connectivity index (χ4v) is 2.36. The Hall–Kier alpha value is -0.650. The first kappa shape index (κ1) is 14.4. The van der Waals surface area contributed by atoms with Crippen LogP contribution >= 0.6 is 0 Å². The van der Waals surface area contributed by atoms with Crippen molar-refractivity contribution in [2.24, 2.45) is 11.7 Å². The number of amides is 1. The quantitative estimate of drug-likeness (QED) is 0.544. The monoisotopic (exact) mass is 243 g/mol. The minimum Gasteiger partial charge on any atom is -0.383 e. The number of hydrogen-bond donors (Lipinski definition) is 3. The number of carbonyl (C=O) groups excluding carboxylic acids is 1. The van der Waals surface area contributed by atoms with Crippen LogP contribution in [0.1, 0.15) is 26.2 Å². The standard InChI is InChI=1S/C12H25N3O2/c1-9(12(16)14-6-7-17-2)15-11-5-3-4-10(11)8-13/h9-11,15H,3-8,13H2,1-2H3,(H,14,16). The van der Waals surface area contributed by atoms with Crippen molar-refractivity contribution in [1.29, 1.82) is 0 Å². The van der Waals surface area contributed by atoms with E-state index >= 15 is 0 Å². The summed E-state index contributed by atoms with van der Waals surface area (Å²) >= 11 is 0. The SMILES string of the molecule is COCCNC(=O)C(C)NC1CCCC1CN. The molecule has 1 saturated carbocycles. The van der Waals surface area contributed by atoms with Crippen LogP contribution in [0.5, 0.6) is 0 Å².